The minimum Gasteiger partial charge on any atom is -0.385 e. The van der Waals surface area contributed by atoms with Gasteiger partial charge in [0.05, 0.1) is 13.2 Å². The lowest BCUT2D eigenvalue weighted by molar-refractivity contribution is 0.122. The Bertz CT molecular complexity index is 384. The number of rotatable bonds is 5. The molecule has 0 unspecified atom stereocenters. The maximum atomic E-state index is 6.04. The third-order valence-corrected chi connectivity index (χ3v) is 3.01. The van der Waals surface area contributed by atoms with Crippen LogP contribution in [0.5, 0.6) is 0 Å². The molecule has 1 aliphatic rings. The standard InChI is InChI=1S/C12H18ClN3O2/c1-17-6-2-3-11-14-10(13)9-12(15-11)16-4-7-18-8-5-16/h9H,2-8H2,1H3. The van der Waals surface area contributed by atoms with E-state index in [1.54, 1.807) is 7.11 Å². The monoisotopic (exact) mass is 271 g/mol. The fourth-order valence-corrected chi connectivity index (χ4v) is 2.09. The van der Waals surface area contributed by atoms with Crippen LogP contribution in [0.2, 0.25) is 5.15 Å². The smallest absolute Gasteiger partial charge is 0.134 e. The summed E-state index contributed by atoms with van der Waals surface area (Å²) in [6, 6.07) is 1.81. The Morgan fingerprint density at radius 1 is 1.39 bits per heavy atom. The Kier molecular flexibility index (Phi) is 5.16. The number of hydrogen-bond donors (Lipinski definition) is 0. The lowest BCUT2D eigenvalue weighted by Crippen LogP contribution is -2.37. The maximum Gasteiger partial charge on any atom is 0.134 e. The van der Waals surface area contributed by atoms with Crippen LogP contribution in [-0.2, 0) is 15.9 Å². The minimum absolute atomic E-state index is 0.499. The van der Waals surface area contributed by atoms with Crippen molar-refractivity contribution in [1.82, 2.24) is 9.97 Å². The second-order valence-corrected chi connectivity index (χ2v) is 4.55. The normalized spacial score (nSPS) is 16.0. The van der Waals surface area contributed by atoms with E-state index in [4.69, 9.17) is 21.1 Å². The zero-order valence-electron chi connectivity index (χ0n) is 10.6. The van der Waals surface area contributed by atoms with Crippen molar-refractivity contribution in [2.24, 2.45) is 0 Å². The summed E-state index contributed by atoms with van der Waals surface area (Å²) in [6.45, 7) is 3.89. The summed E-state index contributed by atoms with van der Waals surface area (Å²) in [5, 5.41) is 0.499. The van der Waals surface area contributed by atoms with Gasteiger partial charge in [-0.25, -0.2) is 9.97 Å². The average molecular weight is 272 g/mol. The van der Waals surface area contributed by atoms with Crippen molar-refractivity contribution >= 4 is 17.4 Å². The van der Waals surface area contributed by atoms with E-state index in [9.17, 15) is 0 Å². The summed E-state index contributed by atoms with van der Waals surface area (Å²) in [6.07, 6.45) is 1.69. The van der Waals surface area contributed by atoms with Gasteiger partial charge in [0.25, 0.3) is 0 Å². The average Bonchev–Trinajstić information content (AvgIpc) is 2.39. The number of halogens is 1. The first-order valence-electron chi connectivity index (χ1n) is 6.14. The Balaban J connectivity index is 2.05. The van der Waals surface area contributed by atoms with Crippen molar-refractivity contribution in [3.8, 4) is 0 Å². The molecule has 0 spiro atoms. The molecule has 1 aliphatic heterocycles. The summed E-state index contributed by atoms with van der Waals surface area (Å²) >= 11 is 6.04. The Hall–Kier alpha value is -0.910. The molecule has 0 radical (unpaired) electrons. The highest BCUT2D eigenvalue weighted by Gasteiger charge is 2.14. The van der Waals surface area contributed by atoms with E-state index < -0.39 is 0 Å². The van der Waals surface area contributed by atoms with Gasteiger partial charge < -0.3 is 14.4 Å². The Labute approximate surface area is 112 Å². The van der Waals surface area contributed by atoms with Gasteiger partial charge in [-0.05, 0) is 6.42 Å². The molecule has 1 fully saturated rings. The number of morpholine rings is 1. The summed E-state index contributed by atoms with van der Waals surface area (Å²) in [7, 11) is 1.69. The van der Waals surface area contributed by atoms with E-state index in [0.717, 1.165) is 50.8 Å². The van der Waals surface area contributed by atoms with Crippen molar-refractivity contribution in [3.63, 3.8) is 0 Å². The van der Waals surface area contributed by atoms with Gasteiger partial charge in [0, 0.05) is 39.3 Å². The zero-order chi connectivity index (χ0) is 12.8. The summed E-state index contributed by atoms with van der Waals surface area (Å²) < 4.78 is 10.4. The molecular formula is C12H18ClN3O2. The summed E-state index contributed by atoms with van der Waals surface area (Å²) in [5.74, 6) is 1.67. The summed E-state index contributed by atoms with van der Waals surface area (Å²) in [5.41, 5.74) is 0. The predicted octanol–water partition coefficient (Wildman–Crippen LogP) is 1.55. The number of anilines is 1. The highest BCUT2D eigenvalue weighted by molar-refractivity contribution is 6.29. The van der Waals surface area contributed by atoms with Crippen LogP contribution in [0.25, 0.3) is 0 Å². The highest BCUT2D eigenvalue weighted by atomic mass is 35.5. The van der Waals surface area contributed by atoms with Gasteiger partial charge in [-0.15, -0.1) is 0 Å². The molecule has 0 atom stereocenters. The summed E-state index contributed by atoms with van der Waals surface area (Å²) in [4.78, 5) is 11.0. The fourth-order valence-electron chi connectivity index (χ4n) is 1.89. The fraction of sp³-hybridized carbons (Fsp3) is 0.667. The van der Waals surface area contributed by atoms with Crippen LogP contribution < -0.4 is 4.90 Å². The van der Waals surface area contributed by atoms with Crippen molar-refractivity contribution in [3.05, 3.63) is 17.0 Å². The van der Waals surface area contributed by atoms with Gasteiger partial charge >= 0.3 is 0 Å². The quantitative estimate of drug-likeness (QED) is 0.601. The molecule has 0 N–H and O–H groups in total. The number of nitrogens with zero attached hydrogens (tertiary/aromatic N) is 3. The molecule has 18 heavy (non-hydrogen) atoms. The van der Waals surface area contributed by atoms with Crippen LogP contribution in [0, 0.1) is 0 Å². The van der Waals surface area contributed by atoms with Gasteiger partial charge in [0.2, 0.25) is 0 Å². The van der Waals surface area contributed by atoms with E-state index in [0.29, 0.717) is 11.8 Å². The van der Waals surface area contributed by atoms with Crippen molar-refractivity contribution < 1.29 is 9.47 Å². The molecule has 1 aromatic rings. The van der Waals surface area contributed by atoms with Gasteiger partial charge in [-0.3, -0.25) is 0 Å². The van der Waals surface area contributed by atoms with Crippen LogP contribution in [-0.4, -0.2) is 50.0 Å². The van der Waals surface area contributed by atoms with Gasteiger partial charge in [0.1, 0.15) is 16.8 Å². The third-order valence-electron chi connectivity index (χ3n) is 2.81. The SMILES string of the molecule is COCCCc1nc(Cl)cc(N2CCOCC2)n1. The zero-order valence-corrected chi connectivity index (χ0v) is 11.3. The Morgan fingerprint density at radius 3 is 2.89 bits per heavy atom. The molecule has 0 amide bonds. The molecule has 0 aliphatic carbocycles. The second-order valence-electron chi connectivity index (χ2n) is 4.16. The Morgan fingerprint density at radius 2 is 2.17 bits per heavy atom. The largest absolute Gasteiger partial charge is 0.385 e. The number of hydrogen-bond acceptors (Lipinski definition) is 5. The van der Waals surface area contributed by atoms with E-state index in [1.165, 1.54) is 0 Å². The molecular weight excluding hydrogens is 254 g/mol. The first-order chi connectivity index (χ1) is 8.79. The molecule has 2 heterocycles. The van der Waals surface area contributed by atoms with Crippen molar-refractivity contribution in [2.45, 2.75) is 12.8 Å². The van der Waals surface area contributed by atoms with Gasteiger partial charge in [0.15, 0.2) is 0 Å². The topological polar surface area (TPSA) is 47.5 Å². The number of aromatic nitrogens is 2. The number of ether oxygens (including phenoxy) is 2. The molecule has 100 valence electrons. The van der Waals surface area contributed by atoms with Gasteiger partial charge in [-0.2, -0.15) is 0 Å². The van der Waals surface area contributed by atoms with Crippen LogP contribution in [0.1, 0.15) is 12.2 Å². The van der Waals surface area contributed by atoms with Crippen molar-refractivity contribution in [1.29, 1.82) is 0 Å². The molecule has 0 bridgehead atoms. The van der Waals surface area contributed by atoms with Crippen LogP contribution >= 0.6 is 11.6 Å². The first-order valence-corrected chi connectivity index (χ1v) is 6.52. The second kappa shape index (κ2) is 6.87. The minimum atomic E-state index is 0.499. The van der Waals surface area contributed by atoms with Gasteiger partial charge in [-0.1, -0.05) is 11.6 Å². The van der Waals surface area contributed by atoms with Crippen LogP contribution in [0.15, 0.2) is 6.07 Å². The third kappa shape index (κ3) is 3.80. The van der Waals surface area contributed by atoms with Crippen LogP contribution in [0.4, 0.5) is 5.82 Å². The molecule has 1 aromatic heterocycles. The number of methoxy groups -OCH3 is 1. The van der Waals surface area contributed by atoms with E-state index in [-0.39, 0.29) is 0 Å². The lowest BCUT2D eigenvalue weighted by atomic mass is 10.3. The first kappa shape index (κ1) is 13.5. The molecule has 2 rings (SSSR count). The molecule has 5 nitrogen and oxygen atoms in total. The highest BCUT2D eigenvalue weighted by Crippen LogP contribution is 2.17. The predicted molar refractivity (Wildman–Crippen MR) is 70.3 cm³/mol. The molecule has 1 saturated heterocycles. The molecule has 6 heteroatoms. The molecule has 0 aromatic carbocycles. The van der Waals surface area contributed by atoms with E-state index in [1.807, 2.05) is 6.07 Å². The maximum absolute atomic E-state index is 6.04. The lowest BCUT2D eigenvalue weighted by Gasteiger charge is -2.28. The number of aryl methyl sites for hydroxylation is 1. The van der Waals surface area contributed by atoms with Crippen molar-refractivity contribution in [2.75, 3.05) is 44.9 Å². The molecule has 0 saturated carbocycles. The van der Waals surface area contributed by atoms with E-state index in [2.05, 4.69) is 14.9 Å². The van der Waals surface area contributed by atoms with E-state index >= 15 is 0 Å². The van der Waals surface area contributed by atoms with Crippen LogP contribution in [0.3, 0.4) is 0 Å².